The van der Waals surface area contributed by atoms with Crippen LogP contribution >= 0.6 is 0 Å². The normalized spacial score (nSPS) is 10.7. The Morgan fingerprint density at radius 3 is 2.93 bits per heavy atom. The number of rotatable bonds is 2. The van der Waals surface area contributed by atoms with Crippen LogP contribution < -0.4 is 5.73 Å². The van der Waals surface area contributed by atoms with Crippen LogP contribution in [0.2, 0.25) is 0 Å². The van der Waals surface area contributed by atoms with Crippen molar-refractivity contribution in [3.63, 3.8) is 0 Å². The van der Waals surface area contributed by atoms with Gasteiger partial charge in [-0.1, -0.05) is 12.1 Å². The number of benzene rings is 1. The van der Waals surface area contributed by atoms with E-state index in [2.05, 4.69) is 4.98 Å². The topological polar surface area (TPSA) is 58.9 Å². The Morgan fingerprint density at radius 2 is 2.21 bits per heavy atom. The van der Waals surface area contributed by atoms with E-state index >= 15 is 0 Å². The molecule has 0 aliphatic rings. The molecule has 0 saturated carbocycles. The standard InChI is InChI=1S/C11H12N2O/c1-7-2-3-8(10(14)6-12)9-4-5-13-11(7)9/h2-5,13H,6,12H2,1H3. The van der Waals surface area contributed by atoms with Crippen molar-refractivity contribution in [2.45, 2.75) is 6.92 Å². The molecule has 3 heteroatoms. The van der Waals surface area contributed by atoms with Gasteiger partial charge < -0.3 is 10.7 Å². The van der Waals surface area contributed by atoms with Gasteiger partial charge >= 0.3 is 0 Å². The summed E-state index contributed by atoms with van der Waals surface area (Å²) >= 11 is 0. The average molecular weight is 188 g/mol. The molecule has 0 unspecified atom stereocenters. The first-order valence-corrected chi connectivity index (χ1v) is 4.54. The molecule has 0 spiro atoms. The number of H-pyrrole nitrogens is 1. The van der Waals surface area contributed by atoms with E-state index in [0.717, 1.165) is 16.5 Å². The molecule has 3 nitrogen and oxygen atoms in total. The molecule has 0 aliphatic heterocycles. The van der Waals surface area contributed by atoms with Crippen LogP contribution in [0.5, 0.6) is 0 Å². The van der Waals surface area contributed by atoms with Crippen molar-refractivity contribution in [1.82, 2.24) is 4.98 Å². The Balaban J connectivity index is 2.72. The number of Topliss-reactive ketones (excluding diaryl/α,β-unsaturated/α-hetero) is 1. The quantitative estimate of drug-likeness (QED) is 0.703. The Hall–Kier alpha value is -1.61. The smallest absolute Gasteiger partial charge is 0.177 e. The van der Waals surface area contributed by atoms with Gasteiger partial charge in [0.2, 0.25) is 0 Å². The molecule has 72 valence electrons. The maximum Gasteiger partial charge on any atom is 0.177 e. The fourth-order valence-corrected chi connectivity index (χ4v) is 1.65. The third-order valence-electron chi connectivity index (χ3n) is 2.42. The zero-order chi connectivity index (χ0) is 10.1. The van der Waals surface area contributed by atoms with Crippen molar-refractivity contribution >= 4 is 16.7 Å². The first kappa shape index (κ1) is 8.97. The maximum absolute atomic E-state index is 11.5. The number of aryl methyl sites for hydroxylation is 1. The molecule has 3 N–H and O–H groups in total. The molecule has 2 aromatic rings. The molecule has 2 rings (SSSR count). The lowest BCUT2D eigenvalue weighted by atomic mass is 10.0. The third kappa shape index (κ3) is 1.22. The van der Waals surface area contributed by atoms with Gasteiger partial charge in [0.15, 0.2) is 5.78 Å². The van der Waals surface area contributed by atoms with E-state index < -0.39 is 0 Å². The van der Waals surface area contributed by atoms with Crippen molar-refractivity contribution in [3.05, 3.63) is 35.5 Å². The van der Waals surface area contributed by atoms with Crippen molar-refractivity contribution in [3.8, 4) is 0 Å². The van der Waals surface area contributed by atoms with Crippen LogP contribution in [0.25, 0.3) is 10.9 Å². The summed E-state index contributed by atoms with van der Waals surface area (Å²) in [5.41, 5.74) is 8.20. The molecule has 0 bridgehead atoms. The van der Waals surface area contributed by atoms with Crippen LogP contribution in [0.3, 0.4) is 0 Å². The summed E-state index contributed by atoms with van der Waals surface area (Å²) in [4.78, 5) is 14.6. The van der Waals surface area contributed by atoms with Gasteiger partial charge in [0, 0.05) is 22.7 Å². The van der Waals surface area contributed by atoms with Gasteiger partial charge in [-0.15, -0.1) is 0 Å². The number of aromatic amines is 1. The van der Waals surface area contributed by atoms with Crippen molar-refractivity contribution < 1.29 is 4.79 Å². The molecule has 0 aliphatic carbocycles. The van der Waals surface area contributed by atoms with Crippen molar-refractivity contribution in [2.24, 2.45) is 5.73 Å². The van der Waals surface area contributed by atoms with E-state index in [9.17, 15) is 4.79 Å². The minimum Gasteiger partial charge on any atom is -0.361 e. The lowest BCUT2D eigenvalue weighted by molar-refractivity contribution is 0.100. The first-order chi connectivity index (χ1) is 6.74. The van der Waals surface area contributed by atoms with Crippen molar-refractivity contribution in [2.75, 3.05) is 6.54 Å². The molecule has 0 saturated heterocycles. The monoisotopic (exact) mass is 188 g/mol. The fourth-order valence-electron chi connectivity index (χ4n) is 1.65. The fraction of sp³-hybridized carbons (Fsp3) is 0.182. The molecule has 14 heavy (non-hydrogen) atoms. The Kier molecular flexibility index (Phi) is 2.09. The highest BCUT2D eigenvalue weighted by Gasteiger charge is 2.09. The van der Waals surface area contributed by atoms with E-state index in [1.807, 2.05) is 31.3 Å². The number of nitrogens with two attached hydrogens (primary N) is 1. The number of carbonyl (C=O) groups excluding carboxylic acids is 1. The minimum absolute atomic E-state index is 0.0189. The summed E-state index contributed by atoms with van der Waals surface area (Å²) in [7, 11) is 0. The number of fused-ring (bicyclic) bond motifs is 1. The molecule has 0 radical (unpaired) electrons. The number of ketones is 1. The second-order valence-electron chi connectivity index (χ2n) is 3.32. The van der Waals surface area contributed by atoms with Gasteiger partial charge in [0.1, 0.15) is 0 Å². The van der Waals surface area contributed by atoms with Crippen LogP contribution in [0.1, 0.15) is 15.9 Å². The number of aromatic nitrogens is 1. The highest BCUT2D eigenvalue weighted by molar-refractivity contribution is 6.09. The summed E-state index contributed by atoms with van der Waals surface area (Å²) in [5.74, 6) is -0.0189. The van der Waals surface area contributed by atoms with Gasteiger partial charge in [-0.25, -0.2) is 0 Å². The summed E-state index contributed by atoms with van der Waals surface area (Å²) in [6, 6.07) is 5.67. The van der Waals surface area contributed by atoms with E-state index in [1.165, 1.54) is 0 Å². The molecule has 0 atom stereocenters. The highest BCUT2D eigenvalue weighted by Crippen LogP contribution is 2.21. The number of carbonyl (C=O) groups is 1. The minimum atomic E-state index is -0.0189. The molecule has 1 heterocycles. The van der Waals surface area contributed by atoms with Crippen LogP contribution in [0, 0.1) is 6.92 Å². The first-order valence-electron chi connectivity index (χ1n) is 4.54. The maximum atomic E-state index is 11.5. The van der Waals surface area contributed by atoms with Gasteiger partial charge in [-0.05, 0) is 18.6 Å². The molecular formula is C11H12N2O. The zero-order valence-electron chi connectivity index (χ0n) is 8.00. The van der Waals surface area contributed by atoms with E-state index in [1.54, 1.807) is 0 Å². The summed E-state index contributed by atoms with van der Waals surface area (Å²) in [5, 5.41) is 0.959. The van der Waals surface area contributed by atoms with E-state index in [4.69, 9.17) is 5.73 Å². The average Bonchev–Trinajstić information content (AvgIpc) is 2.67. The second kappa shape index (κ2) is 3.27. The predicted octanol–water partition coefficient (Wildman–Crippen LogP) is 1.62. The molecule has 0 amide bonds. The number of hydrogen-bond acceptors (Lipinski definition) is 2. The SMILES string of the molecule is Cc1ccc(C(=O)CN)c2cc[nH]c12. The largest absolute Gasteiger partial charge is 0.361 e. The predicted molar refractivity (Wildman–Crippen MR) is 56.4 cm³/mol. The highest BCUT2D eigenvalue weighted by atomic mass is 16.1. The summed E-state index contributed by atoms with van der Waals surface area (Å²) in [6.07, 6.45) is 1.84. The van der Waals surface area contributed by atoms with Crippen molar-refractivity contribution in [1.29, 1.82) is 0 Å². The number of nitrogens with one attached hydrogen (secondary N) is 1. The van der Waals surface area contributed by atoms with E-state index in [0.29, 0.717) is 5.56 Å². The zero-order valence-corrected chi connectivity index (χ0v) is 8.00. The van der Waals surface area contributed by atoms with Crippen LogP contribution in [0.4, 0.5) is 0 Å². The Labute approximate surface area is 81.9 Å². The Morgan fingerprint density at radius 1 is 1.43 bits per heavy atom. The van der Waals surface area contributed by atoms with Gasteiger partial charge in [0.25, 0.3) is 0 Å². The lowest BCUT2D eigenvalue weighted by Crippen LogP contribution is -2.13. The molecular weight excluding hydrogens is 176 g/mol. The summed E-state index contributed by atoms with van der Waals surface area (Å²) in [6.45, 7) is 2.07. The molecule has 1 aromatic carbocycles. The van der Waals surface area contributed by atoms with Crippen LogP contribution in [-0.2, 0) is 0 Å². The molecule has 1 aromatic heterocycles. The van der Waals surface area contributed by atoms with Gasteiger partial charge in [0.05, 0.1) is 6.54 Å². The third-order valence-corrected chi connectivity index (χ3v) is 2.42. The lowest BCUT2D eigenvalue weighted by Gasteiger charge is -2.02. The van der Waals surface area contributed by atoms with Gasteiger partial charge in [-0.2, -0.15) is 0 Å². The second-order valence-corrected chi connectivity index (χ2v) is 3.32. The van der Waals surface area contributed by atoms with Gasteiger partial charge in [-0.3, -0.25) is 4.79 Å². The molecule has 0 fully saturated rings. The Bertz CT molecular complexity index is 485. The summed E-state index contributed by atoms with van der Waals surface area (Å²) < 4.78 is 0. The number of hydrogen-bond donors (Lipinski definition) is 2. The van der Waals surface area contributed by atoms with Crippen LogP contribution in [-0.4, -0.2) is 17.3 Å². The van der Waals surface area contributed by atoms with Crippen LogP contribution in [0.15, 0.2) is 24.4 Å². The van der Waals surface area contributed by atoms with E-state index in [-0.39, 0.29) is 12.3 Å².